The third kappa shape index (κ3) is 2.99. The van der Waals surface area contributed by atoms with Crippen LogP contribution in [0.4, 0.5) is 0 Å². The molecule has 4 heteroatoms. The SMILES string of the molecule is Cc1nc2c(n1CCCC(C)(C)C(=O)O)CCCC2. The van der Waals surface area contributed by atoms with Crippen molar-refractivity contribution in [3.05, 3.63) is 17.2 Å². The minimum Gasteiger partial charge on any atom is -0.481 e. The summed E-state index contributed by atoms with van der Waals surface area (Å²) in [7, 11) is 0. The molecule has 0 spiro atoms. The summed E-state index contributed by atoms with van der Waals surface area (Å²) in [6.45, 7) is 6.54. The van der Waals surface area contributed by atoms with E-state index in [9.17, 15) is 4.79 Å². The molecule has 4 nitrogen and oxygen atoms in total. The lowest BCUT2D eigenvalue weighted by atomic mass is 9.88. The van der Waals surface area contributed by atoms with E-state index >= 15 is 0 Å². The van der Waals surface area contributed by atoms with Crippen molar-refractivity contribution in [2.75, 3.05) is 0 Å². The number of imidazole rings is 1. The van der Waals surface area contributed by atoms with Gasteiger partial charge in [-0.1, -0.05) is 0 Å². The maximum absolute atomic E-state index is 11.1. The van der Waals surface area contributed by atoms with Gasteiger partial charge in [0.15, 0.2) is 0 Å². The molecule has 0 bridgehead atoms. The van der Waals surface area contributed by atoms with Gasteiger partial charge in [0.1, 0.15) is 5.82 Å². The normalized spacial score (nSPS) is 15.3. The van der Waals surface area contributed by atoms with Gasteiger partial charge in [0, 0.05) is 12.2 Å². The topological polar surface area (TPSA) is 55.1 Å². The van der Waals surface area contributed by atoms with Crippen LogP contribution in [0.15, 0.2) is 0 Å². The highest BCUT2D eigenvalue weighted by atomic mass is 16.4. The standard InChI is InChI=1S/C15H24N2O2/c1-11-16-12-7-4-5-8-13(12)17(11)10-6-9-15(2,3)14(18)19/h4-10H2,1-3H3,(H,18,19). The Morgan fingerprint density at radius 2 is 2.05 bits per heavy atom. The lowest BCUT2D eigenvalue weighted by molar-refractivity contribution is -0.147. The summed E-state index contributed by atoms with van der Waals surface area (Å²) in [6, 6.07) is 0. The molecule has 0 aliphatic heterocycles. The maximum Gasteiger partial charge on any atom is 0.309 e. The van der Waals surface area contributed by atoms with Crippen LogP contribution in [-0.2, 0) is 24.2 Å². The molecule has 0 atom stereocenters. The van der Waals surface area contributed by atoms with Gasteiger partial charge in [-0.25, -0.2) is 4.98 Å². The second-order valence-corrected chi connectivity index (χ2v) is 6.20. The van der Waals surface area contributed by atoms with Crippen molar-refractivity contribution in [2.45, 2.75) is 65.8 Å². The van der Waals surface area contributed by atoms with Gasteiger partial charge in [-0.05, 0) is 59.3 Å². The van der Waals surface area contributed by atoms with Crippen LogP contribution in [0.3, 0.4) is 0 Å². The number of carboxylic acid groups (broad SMARTS) is 1. The zero-order valence-electron chi connectivity index (χ0n) is 12.2. The van der Waals surface area contributed by atoms with Crippen LogP contribution in [0.2, 0.25) is 0 Å². The van der Waals surface area contributed by atoms with Gasteiger partial charge in [-0.3, -0.25) is 4.79 Å². The molecule has 2 rings (SSSR count). The van der Waals surface area contributed by atoms with Crippen LogP contribution in [0, 0.1) is 12.3 Å². The van der Waals surface area contributed by atoms with Crippen LogP contribution < -0.4 is 0 Å². The van der Waals surface area contributed by atoms with Gasteiger partial charge >= 0.3 is 5.97 Å². The fraction of sp³-hybridized carbons (Fsp3) is 0.733. The van der Waals surface area contributed by atoms with Crippen LogP contribution in [0.25, 0.3) is 0 Å². The lowest BCUT2D eigenvalue weighted by Gasteiger charge is -2.20. The van der Waals surface area contributed by atoms with Crippen molar-refractivity contribution in [3.8, 4) is 0 Å². The molecule has 0 saturated carbocycles. The first kappa shape index (κ1) is 14.1. The van der Waals surface area contributed by atoms with E-state index in [0.717, 1.165) is 31.6 Å². The Morgan fingerprint density at radius 1 is 1.37 bits per heavy atom. The molecule has 1 aromatic heterocycles. The van der Waals surface area contributed by atoms with E-state index < -0.39 is 11.4 Å². The summed E-state index contributed by atoms with van der Waals surface area (Å²) in [5.74, 6) is 0.372. The van der Waals surface area contributed by atoms with Gasteiger partial charge in [-0.15, -0.1) is 0 Å². The number of rotatable bonds is 5. The molecule has 0 amide bonds. The number of carboxylic acids is 1. The number of hydrogen-bond donors (Lipinski definition) is 1. The first-order valence-corrected chi connectivity index (χ1v) is 7.20. The van der Waals surface area contributed by atoms with E-state index in [1.54, 1.807) is 13.8 Å². The maximum atomic E-state index is 11.1. The molecule has 106 valence electrons. The summed E-state index contributed by atoms with van der Waals surface area (Å²) >= 11 is 0. The van der Waals surface area contributed by atoms with Crippen LogP contribution in [-0.4, -0.2) is 20.6 Å². The van der Waals surface area contributed by atoms with Crippen molar-refractivity contribution in [2.24, 2.45) is 5.41 Å². The molecule has 1 aliphatic carbocycles. The largest absolute Gasteiger partial charge is 0.481 e. The third-order valence-corrected chi connectivity index (χ3v) is 4.19. The van der Waals surface area contributed by atoms with Gasteiger partial charge in [0.2, 0.25) is 0 Å². The van der Waals surface area contributed by atoms with E-state index in [0.29, 0.717) is 6.42 Å². The molecule has 1 aromatic rings. The summed E-state index contributed by atoms with van der Waals surface area (Å²) in [4.78, 5) is 15.7. The average Bonchev–Trinajstić information content (AvgIpc) is 2.65. The average molecular weight is 264 g/mol. The molecule has 0 radical (unpaired) electrons. The number of aryl methyl sites for hydroxylation is 2. The summed E-state index contributed by atoms with van der Waals surface area (Å²) in [5, 5.41) is 9.13. The Kier molecular flexibility index (Phi) is 3.97. The van der Waals surface area contributed by atoms with Gasteiger partial charge < -0.3 is 9.67 Å². The number of fused-ring (bicyclic) bond motifs is 1. The Labute approximate surface area is 114 Å². The molecule has 19 heavy (non-hydrogen) atoms. The molecule has 0 fully saturated rings. The Morgan fingerprint density at radius 3 is 2.74 bits per heavy atom. The zero-order valence-corrected chi connectivity index (χ0v) is 12.2. The first-order valence-electron chi connectivity index (χ1n) is 7.20. The van der Waals surface area contributed by atoms with Crippen molar-refractivity contribution in [1.82, 2.24) is 9.55 Å². The van der Waals surface area contributed by atoms with E-state index in [-0.39, 0.29) is 0 Å². The van der Waals surface area contributed by atoms with Crippen molar-refractivity contribution < 1.29 is 9.90 Å². The smallest absolute Gasteiger partial charge is 0.309 e. The van der Waals surface area contributed by atoms with Crippen molar-refractivity contribution in [1.29, 1.82) is 0 Å². The predicted molar refractivity (Wildman–Crippen MR) is 74.3 cm³/mol. The number of nitrogens with zero attached hydrogens (tertiary/aromatic N) is 2. The van der Waals surface area contributed by atoms with Gasteiger partial charge in [0.25, 0.3) is 0 Å². The number of aliphatic carboxylic acids is 1. The van der Waals surface area contributed by atoms with Crippen molar-refractivity contribution >= 4 is 5.97 Å². The van der Waals surface area contributed by atoms with E-state index in [1.807, 2.05) is 0 Å². The Hall–Kier alpha value is -1.32. The summed E-state index contributed by atoms with van der Waals surface area (Å²) in [5.41, 5.74) is 2.02. The fourth-order valence-electron chi connectivity index (χ4n) is 2.82. The summed E-state index contributed by atoms with van der Waals surface area (Å²) < 4.78 is 2.30. The van der Waals surface area contributed by atoms with E-state index in [4.69, 9.17) is 5.11 Å². The second kappa shape index (κ2) is 5.35. The molecule has 0 aromatic carbocycles. The number of aromatic nitrogens is 2. The van der Waals surface area contributed by atoms with Crippen molar-refractivity contribution in [3.63, 3.8) is 0 Å². The van der Waals surface area contributed by atoms with Crippen LogP contribution in [0.5, 0.6) is 0 Å². The third-order valence-electron chi connectivity index (χ3n) is 4.19. The molecule has 0 saturated heterocycles. The van der Waals surface area contributed by atoms with Gasteiger partial charge in [-0.2, -0.15) is 0 Å². The monoisotopic (exact) mass is 264 g/mol. The highest BCUT2D eigenvalue weighted by Crippen LogP contribution is 2.25. The molecule has 0 unspecified atom stereocenters. The molecule has 1 heterocycles. The molecule has 1 aliphatic rings. The minimum absolute atomic E-state index is 0.630. The second-order valence-electron chi connectivity index (χ2n) is 6.20. The first-order chi connectivity index (χ1) is 8.92. The highest BCUT2D eigenvalue weighted by Gasteiger charge is 2.26. The van der Waals surface area contributed by atoms with Crippen LogP contribution in [0.1, 0.15) is 56.7 Å². The minimum atomic E-state index is -0.711. The Balaban J connectivity index is 2.00. The summed E-state index contributed by atoms with van der Waals surface area (Å²) in [6.07, 6.45) is 6.31. The Bertz CT molecular complexity index is 475. The van der Waals surface area contributed by atoms with Gasteiger partial charge in [0.05, 0.1) is 11.1 Å². The van der Waals surface area contributed by atoms with Crippen LogP contribution >= 0.6 is 0 Å². The zero-order chi connectivity index (χ0) is 14.0. The molecular weight excluding hydrogens is 240 g/mol. The van der Waals surface area contributed by atoms with E-state index in [2.05, 4.69) is 16.5 Å². The molecular formula is C15H24N2O2. The van der Waals surface area contributed by atoms with E-state index in [1.165, 1.54) is 24.2 Å². The number of hydrogen-bond acceptors (Lipinski definition) is 2. The molecule has 1 N–H and O–H groups in total. The quantitative estimate of drug-likeness (QED) is 0.889. The lowest BCUT2D eigenvalue weighted by Crippen LogP contribution is -2.24. The number of carbonyl (C=O) groups is 1. The highest BCUT2D eigenvalue weighted by molar-refractivity contribution is 5.73. The predicted octanol–water partition coefficient (Wildman–Crippen LogP) is 2.96. The fourth-order valence-corrected chi connectivity index (χ4v) is 2.82.